The summed E-state index contributed by atoms with van der Waals surface area (Å²) in [4.78, 5) is 0. The predicted octanol–water partition coefficient (Wildman–Crippen LogP) is 1.39. The van der Waals surface area contributed by atoms with E-state index in [1.807, 2.05) is 6.07 Å². The Bertz CT molecular complexity index is 298. The highest BCUT2D eigenvalue weighted by atomic mass is 35.5. The molecule has 0 aliphatic carbocycles. The number of halogens is 2. The molecule has 0 amide bonds. The quantitative estimate of drug-likeness (QED) is 0.865. The molecule has 2 rings (SSSR count). The monoisotopic (exact) mass is 262 g/mol. The van der Waals surface area contributed by atoms with Crippen molar-refractivity contribution in [2.24, 2.45) is 0 Å². The van der Waals surface area contributed by atoms with E-state index < -0.39 is 0 Å². The SMILES string of the molecule is Cl.Clc1ccc(CNC2CCCNC2)nn1. The van der Waals surface area contributed by atoms with Crippen LogP contribution < -0.4 is 10.6 Å². The largest absolute Gasteiger partial charge is 0.315 e. The summed E-state index contributed by atoms with van der Waals surface area (Å²) in [5.74, 6) is 0. The molecule has 1 saturated heterocycles. The van der Waals surface area contributed by atoms with Crippen molar-refractivity contribution >= 4 is 24.0 Å². The van der Waals surface area contributed by atoms with Gasteiger partial charge in [-0.15, -0.1) is 17.5 Å². The van der Waals surface area contributed by atoms with Gasteiger partial charge in [0.15, 0.2) is 5.15 Å². The lowest BCUT2D eigenvalue weighted by Gasteiger charge is -2.23. The Morgan fingerprint density at radius 1 is 1.44 bits per heavy atom. The fourth-order valence-corrected chi connectivity index (χ4v) is 1.81. The van der Waals surface area contributed by atoms with E-state index in [0.29, 0.717) is 11.2 Å². The first-order valence-corrected chi connectivity index (χ1v) is 5.64. The molecule has 0 bridgehead atoms. The number of hydrogen-bond acceptors (Lipinski definition) is 4. The highest BCUT2D eigenvalue weighted by Gasteiger charge is 2.11. The summed E-state index contributed by atoms with van der Waals surface area (Å²) in [6.45, 7) is 2.94. The second kappa shape index (κ2) is 7.01. The van der Waals surface area contributed by atoms with Crippen molar-refractivity contribution in [1.82, 2.24) is 20.8 Å². The molecule has 0 radical (unpaired) electrons. The zero-order valence-electron chi connectivity index (χ0n) is 8.95. The van der Waals surface area contributed by atoms with Crippen molar-refractivity contribution in [3.05, 3.63) is 23.0 Å². The number of aromatic nitrogens is 2. The maximum atomic E-state index is 5.66. The topological polar surface area (TPSA) is 49.8 Å². The average molecular weight is 263 g/mol. The summed E-state index contributed by atoms with van der Waals surface area (Å²) >= 11 is 5.66. The molecule has 1 aromatic heterocycles. The van der Waals surface area contributed by atoms with E-state index in [4.69, 9.17) is 11.6 Å². The number of nitrogens with zero attached hydrogens (tertiary/aromatic N) is 2. The Balaban J connectivity index is 0.00000128. The highest BCUT2D eigenvalue weighted by Crippen LogP contribution is 2.04. The van der Waals surface area contributed by atoms with Crippen molar-refractivity contribution < 1.29 is 0 Å². The van der Waals surface area contributed by atoms with Crippen LogP contribution in [0.25, 0.3) is 0 Å². The molecular weight excluding hydrogens is 247 g/mol. The van der Waals surface area contributed by atoms with E-state index in [0.717, 1.165) is 25.3 Å². The fraction of sp³-hybridized carbons (Fsp3) is 0.600. The maximum Gasteiger partial charge on any atom is 0.151 e. The summed E-state index contributed by atoms with van der Waals surface area (Å²) in [6.07, 6.45) is 2.47. The van der Waals surface area contributed by atoms with Gasteiger partial charge in [-0.3, -0.25) is 0 Å². The van der Waals surface area contributed by atoms with Crippen LogP contribution in [-0.4, -0.2) is 29.3 Å². The van der Waals surface area contributed by atoms with Crippen LogP contribution in [0, 0.1) is 0 Å². The minimum absolute atomic E-state index is 0. The van der Waals surface area contributed by atoms with Crippen LogP contribution in [-0.2, 0) is 6.54 Å². The third-order valence-corrected chi connectivity index (χ3v) is 2.76. The zero-order chi connectivity index (χ0) is 10.5. The first-order valence-electron chi connectivity index (χ1n) is 5.27. The van der Waals surface area contributed by atoms with Gasteiger partial charge in [0.2, 0.25) is 0 Å². The third-order valence-electron chi connectivity index (χ3n) is 2.56. The van der Waals surface area contributed by atoms with Gasteiger partial charge in [0.05, 0.1) is 5.69 Å². The molecule has 0 spiro atoms. The molecule has 2 N–H and O–H groups in total. The number of nitrogens with one attached hydrogen (secondary N) is 2. The maximum absolute atomic E-state index is 5.66. The minimum atomic E-state index is 0. The minimum Gasteiger partial charge on any atom is -0.315 e. The summed E-state index contributed by atoms with van der Waals surface area (Å²) in [6, 6.07) is 4.22. The molecule has 1 atom stereocenters. The molecule has 16 heavy (non-hydrogen) atoms. The van der Waals surface area contributed by atoms with Gasteiger partial charge in [-0.25, -0.2) is 0 Å². The van der Waals surface area contributed by atoms with Gasteiger partial charge in [-0.05, 0) is 31.5 Å². The normalized spacial score (nSPS) is 20.2. The van der Waals surface area contributed by atoms with Gasteiger partial charge in [0, 0.05) is 19.1 Å². The second-order valence-corrected chi connectivity index (χ2v) is 4.16. The van der Waals surface area contributed by atoms with Crippen molar-refractivity contribution in [1.29, 1.82) is 0 Å². The van der Waals surface area contributed by atoms with Crippen LogP contribution >= 0.6 is 24.0 Å². The predicted molar refractivity (Wildman–Crippen MR) is 67.0 cm³/mol. The zero-order valence-corrected chi connectivity index (χ0v) is 10.5. The van der Waals surface area contributed by atoms with Crippen LogP contribution in [0.4, 0.5) is 0 Å². The molecule has 0 aromatic carbocycles. The lowest BCUT2D eigenvalue weighted by atomic mass is 10.1. The van der Waals surface area contributed by atoms with Crippen LogP contribution in [0.1, 0.15) is 18.5 Å². The van der Waals surface area contributed by atoms with Gasteiger partial charge >= 0.3 is 0 Å². The molecule has 6 heteroatoms. The van der Waals surface area contributed by atoms with E-state index >= 15 is 0 Å². The van der Waals surface area contributed by atoms with Crippen molar-refractivity contribution in [3.63, 3.8) is 0 Å². The smallest absolute Gasteiger partial charge is 0.151 e. The second-order valence-electron chi connectivity index (χ2n) is 3.77. The van der Waals surface area contributed by atoms with Gasteiger partial charge in [0.1, 0.15) is 0 Å². The van der Waals surface area contributed by atoms with E-state index in [9.17, 15) is 0 Å². The van der Waals surface area contributed by atoms with E-state index in [1.54, 1.807) is 6.07 Å². The summed E-state index contributed by atoms with van der Waals surface area (Å²) in [5, 5.41) is 15.1. The van der Waals surface area contributed by atoms with Crippen LogP contribution in [0.3, 0.4) is 0 Å². The Hall–Kier alpha value is -0.420. The fourth-order valence-electron chi connectivity index (χ4n) is 1.71. The number of rotatable bonds is 3. The third kappa shape index (κ3) is 4.22. The molecule has 90 valence electrons. The Kier molecular flexibility index (Phi) is 5.98. The Labute approximate surface area is 107 Å². The van der Waals surface area contributed by atoms with E-state index in [1.165, 1.54) is 12.8 Å². The van der Waals surface area contributed by atoms with Gasteiger partial charge in [-0.1, -0.05) is 11.6 Å². The average Bonchev–Trinajstić information content (AvgIpc) is 2.30. The number of hydrogen-bond donors (Lipinski definition) is 2. The summed E-state index contributed by atoms with van der Waals surface area (Å²) in [5.41, 5.74) is 0.935. The summed E-state index contributed by atoms with van der Waals surface area (Å²) < 4.78 is 0. The van der Waals surface area contributed by atoms with Gasteiger partial charge < -0.3 is 10.6 Å². The molecule has 1 aliphatic heterocycles. The molecule has 1 aromatic rings. The van der Waals surface area contributed by atoms with Crippen LogP contribution in [0.2, 0.25) is 5.15 Å². The van der Waals surface area contributed by atoms with Crippen LogP contribution in [0.5, 0.6) is 0 Å². The molecule has 4 nitrogen and oxygen atoms in total. The lowest BCUT2D eigenvalue weighted by molar-refractivity contribution is 0.387. The molecule has 1 fully saturated rings. The van der Waals surface area contributed by atoms with Gasteiger partial charge in [0.25, 0.3) is 0 Å². The van der Waals surface area contributed by atoms with E-state index in [2.05, 4.69) is 20.8 Å². The molecule has 2 heterocycles. The molecule has 1 unspecified atom stereocenters. The van der Waals surface area contributed by atoms with E-state index in [-0.39, 0.29) is 12.4 Å². The first kappa shape index (κ1) is 13.6. The molecular formula is C10H16Cl2N4. The standard InChI is InChI=1S/C10H15ClN4.ClH/c11-10-4-3-9(14-15-10)7-13-8-2-1-5-12-6-8;/h3-4,8,12-13H,1-2,5-7H2;1H. The van der Waals surface area contributed by atoms with Crippen molar-refractivity contribution in [2.45, 2.75) is 25.4 Å². The molecule has 1 aliphatic rings. The molecule has 0 saturated carbocycles. The first-order chi connectivity index (χ1) is 7.34. The van der Waals surface area contributed by atoms with Gasteiger partial charge in [-0.2, -0.15) is 5.10 Å². The summed E-state index contributed by atoms with van der Waals surface area (Å²) in [7, 11) is 0. The van der Waals surface area contributed by atoms with Crippen molar-refractivity contribution in [2.75, 3.05) is 13.1 Å². The lowest BCUT2D eigenvalue weighted by Crippen LogP contribution is -2.42. The Morgan fingerprint density at radius 2 is 2.31 bits per heavy atom. The number of piperidine rings is 1. The Morgan fingerprint density at radius 3 is 2.94 bits per heavy atom. The highest BCUT2D eigenvalue weighted by molar-refractivity contribution is 6.29. The van der Waals surface area contributed by atoms with Crippen molar-refractivity contribution in [3.8, 4) is 0 Å². The van der Waals surface area contributed by atoms with Crippen LogP contribution in [0.15, 0.2) is 12.1 Å².